The van der Waals surface area contributed by atoms with Crippen LogP contribution in [0.25, 0.3) is 11.0 Å². The first-order valence-electron chi connectivity index (χ1n) is 8.11. The topological polar surface area (TPSA) is 78.1 Å². The number of aromatic nitrogens is 2. The highest BCUT2D eigenvalue weighted by Crippen LogP contribution is 2.23. The number of nitrogens with one attached hydrogen (secondary N) is 2. The Morgan fingerprint density at radius 3 is 2.87 bits per heavy atom. The molecule has 1 saturated heterocycles. The molecular weight excluding hydrogens is 292 g/mol. The molecular formula is C17H22N4O2. The van der Waals surface area contributed by atoms with Crippen molar-refractivity contribution in [2.24, 2.45) is 5.92 Å². The van der Waals surface area contributed by atoms with Gasteiger partial charge in [-0.15, -0.1) is 0 Å². The van der Waals surface area contributed by atoms with Crippen LogP contribution in [0.3, 0.4) is 0 Å². The molecule has 2 heterocycles. The smallest absolute Gasteiger partial charge is 0.224 e. The molecule has 1 aliphatic rings. The van der Waals surface area contributed by atoms with Gasteiger partial charge in [-0.1, -0.05) is 6.07 Å². The van der Waals surface area contributed by atoms with Crippen LogP contribution in [0.2, 0.25) is 0 Å². The summed E-state index contributed by atoms with van der Waals surface area (Å²) in [6, 6.07) is 5.70. The molecule has 122 valence electrons. The second-order valence-corrected chi connectivity index (χ2v) is 6.14. The number of hydrogen-bond acceptors (Lipinski definition) is 3. The first-order valence-corrected chi connectivity index (χ1v) is 8.11. The molecule has 0 bridgehead atoms. The van der Waals surface area contributed by atoms with Crippen LogP contribution in [0.1, 0.15) is 32.6 Å². The zero-order valence-corrected chi connectivity index (χ0v) is 13.3. The zero-order valence-electron chi connectivity index (χ0n) is 13.3. The van der Waals surface area contributed by atoms with Crippen LogP contribution in [-0.4, -0.2) is 39.8 Å². The Morgan fingerprint density at radius 1 is 1.35 bits per heavy atom. The van der Waals surface area contributed by atoms with Crippen LogP contribution >= 0.6 is 0 Å². The Bertz CT molecular complexity index is 701. The minimum Gasteiger partial charge on any atom is -0.345 e. The molecule has 6 nitrogen and oxygen atoms in total. The van der Waals surface area contributed by atoms with Crippen molar-refractivity contribution in [1.82, 2.24) is 14.9 Å². The number of benzene rings is 1. The predicted octanol–water partition coefficient (Wildman–Crippen LogP) is 2.54. The van der Waals surface area contributed by atoms with Crippen molar-refractivity contribution < 1.29 is 9.59 Å². The van der Waals surface area contributed by atoms with Gasteiger partial charge in [-0.2, -0.15) is 0 Å². The number of carbonyl (C=O) groups excluding carboxylic acids is 2. The molecule has 1 aromatic carbocycles. The molecule has 0 atom stereocenters. The summed E-state index contributed by atoms with van der Waals surface area (Å²) in [5, 5.41) is 2.95. The van der Waals surface area contributed by atoms with Crippen LogP contribution in [-0.2, 0) is 9.59 Å². The zero-order chi connectivity index (χ0) is 16.2. The molecule has 3 rings (SSSR count). The first kappa shape index (κ1) is 15.5. The number of imidazole rings is 1. The van der Waals surface area contributed by atoms with Crippen molar-refractivity contribution in [3.8, 4) is 0 Å². The molecule has 1 aromatic heterocycles. The highest BCUT2D eigenvalue weighted by molar-refractivity contribution is 5.99. The van der Waals surface area contributed by atoms with E-state index >= 15 is 0 Å². The van der Waals surface area contributed by atoms with Gasteiger partial charge in [0.1, 0.15) is 5.52 Å². The number of likely N-dealkylation sites (tertiary alicyclic amines) is 1. The monoisotopic (exact) mass is 314 g/mol. The number of aromatic amines is 1. The van der Waals surface area contributed by atoms with E-state index in [1.807, 2.05) is 23.1 Å². The fourth-order valence-electron chi connectivity index (χ4n) is 3.15. The van der Waals surface area contributed by atoms with Gasteiger partial charge in [0.15, 0.2) is 0 Å². The van der Waals surface area contributed by atoms with Gasteiger partial charge < -0.3 is 15.2 Å². The van der Waals surface area contributed by atoms with E-state index in [1.54, 1.807) is 13.3 Å². The molecule has 23 heavy (non-hydrogen) atoms. The maximum Gasteiger partial charge on any atom is 0.224 e. The summed E-state index contributed by atoms with van der Waals surface area (Å²) in [4.78, 5) is 32.7. The Kier molecular flexibility index (Phi) is 4.60. The summed E-state index contributed by atoms with van der Waals surface area (Å²) < 4.78 is 0. The maximum absolute atomic E-state index is 12.2. The molecule has 6 heteroatoms. The number of anilines is 1. The number of para-hydroxylation sites is 1. The average molecular weight is 314 g/mol. The lowest BCUT2D eigenvalue weighted by Gasteiger charge is -2.31. The SMILES string of the molecule is CC(=O)N1CCC(CCC(=O)Nc2cccc3[nH]cnc23)CC1. The third-order valence-electron chi connectivity index (χ3n) is 4.56. The third kappa shape index (κ3) is 3.70. The number of fused-ring (bicyclic) bond motifs is 1. The standard InChI is InChI=1S/C17H22N4O2/c1-12(22)21-9-7-13(8-10-21)5-6-16(23)20-15-4-2-3-14-17(15)19-11-18-14/h2-4,11,13H,5-10H2,1H3,(H,18,19)(H,20,23). The fourth-order valence-corrected chi connectivity index (χ4v) is 3.15. The Morgan fingerprint density at radius 2 is 2.13 bits per heavy atom. The van der Waals surface area contributed by atoms with E-state index in [-0.39, 0.29) is 11.8 Å². The molecule has 2 amide bonds. The molecule has 0 aliphatic carbocycles. The van der Waals surface area contributed by atoms with Crippen LogP contribution in [0.15, 0.2) is 24.5 Å². The minimum absolute atomic E-state index is 0.0227. The van der Waals surface area contributed by atoms with Crippen molar-refractivity contribution in [1.29, 1.82) is 0 Å². The number of piperidine rings is 1. The van der Waals surface area contributed by atoms with Gasteiger partial charge in [0, 0.05) is 26.4 Å². The van der Waals surface area contributed by atoms with Crippen LogP contribution in [0, 0.1) is 5.92 Å². The van der Waals surface area contributed by atoms with Crippen molar-refractivity contribution in [2.75, 3.05) is 18.4 Å². The molecule has 1 aliphatic heterocycles. The van der Waals surface area contributed by atoms with Gasteiger partial charge in [0.25, 0.3) is 0 Å². The quantitative estimate of drug-likeness (QED) is 0.910. The second kappa shape index (κ2) is 6.81. The summed E-state index contributed by atoms with van der Waals surface area (Å²) in [5.41, 5.74) is 2.45. The number of carbonyl (C=O) groups is 2. The van der Waals surface area contributed by atoms with E-state index in [0.29, 0.717) is 12.3 Å². The van der Waals surface area contributed by atoms with Gasteiger partial charge in [0.05, 0.1) is 17.5 Å². The molecule has 0 spiro atoms. The minimum atomic E-state index is 0.0227. The highest BCUT2D eigenvalue weighted by Gasteiger charge is 2.21. The Hall–Kier alpha value is -2.37. The van der Waals surface area contributed by atoms with Crippen molar-refractivity contribution in [3.63, 3.8) is 0 Å². The normalized spacial score (nSPS) is 15.8. The number of amides is 2. The lowest BCUT2D eigenvalue weighted by Crippen LogP contribution is -2.37. The van der Waals surface area contributed by atoms with Gasteiger partial charge in [0.2, 0.25) is 11.8 Å². The van der Waals surface area contributed by atoms with Crippen LogP contribution in [0.5, 0.6) is 0 Å². The predicted molar refractivity (Wildman–Crippen MR) is 88.9 cm³/mol. The van der Waals surface area contributed by atoms with Crippen molar-refractivity contribution >= 4 is 28.5 Å². The van der Waals surface area contributed by atoms with Crippen LogP contribution in [0.4, 0.5) is 5.69 Å². The Balaban J connectivity index is 1.49. The van der Waals surface area contributed by atoms with E-state index in [9.17, 15) is 9.59 Å². The first-order chi connectivity index (χ1) is 11.1. The van der Waals surface area contributed by atoms with Gasteiger partial charge in [-0.05, 0) is 37.3 Å². The van der Waals surface area contributed by atoms with E-state index in [0.717, 1.165) is 49.1 Å². The summed E-state index contributed by atoms with van der Waals surface area (Å²) in [6.07, 6.45) is 4.98. The number of H-pyrrole nitrogens is 1. The molecule has 2 N–H and O–H groups in total. The Labute approximate surface area is 135 Å². The van der Waals surface area contributed by atoms with Crippen LogP contribution < -0.4 is 5.32 Å². The van der Waals surface area contributed by atoms with E-state index in [2.05, 4.69) is 15.3 Å². The van der Waals surface area contributed by atoms with Crippen molar-refractivity contribution in [3.05, 3.63) is 24.5 Å². The summed E-state index contributed by atoms with van der Waals surface area (Å²) >= 11 is 0. The van der Waals surface area contributed by atoms with Gasteiger partial charge >= 0.3 is 0 Å². The van der Waals surface area contributed by atoms with Crippen molar-refractivity contribution in [2.45, 2.75) is 32.6 Å². The fraction of sp³-hybridized carbons (Fsp3) is 0.471. The van der Waals surface area contributed by atoms with Gasteiger partial charge in [-0.3, -0.25) is 9.59 Å². The molecule has 2 aromatic rings. The summed E-state index contributed by atoms with van der Waals surface area (Å²) in [7, 11) is 0. The molecule has 0 radical (unpaired) electrons. The number of rotatable bonds is 4. The van der Waals surface area contributed by atoms with E-state index < -0.39 is 0 Å². The lowest BCUT2D eigenvalue weighted by atomic mass is 9.92. The maximum atomic E-state index is 12.2. The third-order valence-corrected chi connectivity index (χ3v) is 4.56. The average Bonchev–Trinajstić information content (AvgIpc) is 3.03. The lowest BCUT2D eigenvalue weighted by molar-refractivity contribution is -0.130. The van der Waals surface area contributed by atoms with Gasteiger partial charge in [-0.25, -0.2) is 4.98 Å². The molecule has 0 unspecified atom stereocenters. The largest absolute Gasteiger partial charge is 0.345 e. The van der Waals surface area contributed by atoms with E-state index in [1.165, 1.54) is 0 Å². The molecule has 0 saturated carbocycles. The van der Waals surface area contributed by atoms with E-state index in [4.69, 9.17) is 0 Å². The number of nitrogens with zero attached hydrogens (tertiary/aromatic N) is 2. The highest BCUT2D eigenvalue weighted by atomic mass is 16.2. The second-order valence-electron chi connectivity index (χ2n) is 6.14. The summed E-state index contributed by atoms with van der Waals surface area (Å²) in [5.74, 6) is 0.695. The summed E-state index contributed by atoms with van der Waals surface area (Å²) in [6.45, 7) is 3.24. The molecule has 1 fully saturated rings. The number of hydrogen-bond donors (Lipinski definition) is 2.